The van der Waals surface area contributed by atoms with Crippen LogP contribution in [0.5, 0.6) is 0 Å². The van der Waals surface area contributed by atoms with Crippen molar-refractivity contribution in [3.05, 3.63) is 11.9 Å². The summed E-state index contributed by atoms with van der Waals surface area (Å²) >= 11 is 0. The van der Waals surface area contributed by atoms with Gasteiger partial charge < -0.3 is 29.8 Å². The summed E-state index contributed by atoms with van der Waals surface area (Å²) in [5, 5.41) is 22.0. The summed E-state index contributed by atoms with van der Waals surface area (Å²) in [6, 6.07) is 0. The van der Waals surface area contributed by atoms with Crippen molar-refractivity contribution in [3.8, 4) is 0 Å². The van der Waals surface area contributed by atoms with Crippen molar-refractivity contribution in [2.24, 2.45) is 0 Å². The topological polar surface area (TPSA) is 95.5 Å². The highest BCUT2D eigenvalue weighted by atomic mass is 16.7. The van der Waals surface area contributed by atoms with E-state index in [0.29, 0.717) is 6.54 Å². The molecular formula is C13H25N3O5. The lowest BCUT2D eigenvalue weighted by molar-refractivity contribution is -0.295. The lowest BCUT2D eigenvalue weighted by Crippen LogP contribution is -2.61. The summed E-state index contributed by atoms with van der Waals surface area (Å²) in [4.78, 5) is 0. The first-order valence-corrected chi connectivity index (χ1v) is 7.17. The molecule has 1 saturated heterocycles. The fraction of sp³-hybridized carbons (Fsp3) is 0.846. The van der Waals surface area contributed by atoms with E-state index >= 15 is 0 Å². The number of rotatable bonds is 6. The Balaban J connectivity index is 2.04. The van der Waals surface area contributed by atoms with Crippen LogP contribution in [0.1, 0.15) is 19.8 Å². The van der Waals surface area contributed by atoms with Gasteiger partial charge in [-0.2, -0.15) is 0 Å². The maximum Gasteiger partial charge on any atom is 0.186 e. The van der Waals surface area contributed by atoms with Gasteiger partial charge in [-0.05, 0) is 6.42 Å². The average Bonchev–Trinajstić information content (AvgIpc) is 2.90. The highest BCUT2D eigenvalue weighted by molar-refractivity contribution is 5.04. The Morgan fingerprint density at radius 2 is 2.05 bits per heavy atom. The van der Waals surface area contributed by atoms with E-state index in [-0.39, 0.29) is 0 Å². The molecule has 0 radical (unpaired) electrons. The van der Waals surface area contributed by atoms with Crippen LogP contribution in [-0.2, 0) is 14.2 Å². The lowest BCUT2D eigenvalue weighted by Gasteiger charge is -2.42. The van der Waals surface area contributed by atoms with Crippen LogP contribution in [-0.4, -0.2) is 66.7 Å². The van der Waals surface area contributed by atoms with Crippen LogP contribution >= 0.6 is 0 Å². The van der Waals surface area contributed by atoms with Crippen molar-refractivity contribution in [2.45, 2.75) is 50.5 Å². The Hall–Kier alpha value is -0.900. The molecule has 0 aromatic rings. The first kappa shape index (κ1) is 16.5. The third-order valence-corrected chi connectivity index (χ3v) is 3.80. The number of hydrogen-bond acceptors (Lipinski definition) is 8. The molecule has 2 rings (SSSR count). The van der Waals surface area contributed by atoms with Gasteiger partial charge in [0.15, 0.2) is 6.29 Å². The maximum absolute atomic E-state index is 10.1. The fourth-order valence-electron chi connectivity index (χ4n) is 2.69. The number of methoxy groups -OCH3 is 2. The maximum atomic E-state index is 10.1. The van der Waals surface area contributed by atoms with Gasteiger partial charge in [0.2, 0.25) is 0 Å². The largest absolute Gasteiger partial charge is 0.387 e. The van der Waals surface area contributed by atoms with Crippen molar-refractivity contribution in [3.63, 3.8) is 0 Å². The summed E-state index contributed by atoms with van der Waals surface area (Å²) < 4.78 is 16.1. The minimum Gasteiger partial charge on any atom is -0.387 e. The summed E-state index contributed by atoms with van der Waals surface area (Å²) in [6.07, 6.45) is -0.295. The van der Waals surface area contributed by atoms with E-state index in [4.69, 9.17) is 14.2 Å². The number of aliphatic hydroxyl groups excluding tert-OH is 2. The zero-order chi connectivity index (χ0) is 15.4. The molecule has 0 aromatic carbocycles. The molecule has 0 spiro atoms. The summed E-state index contributed by atoms with van der Waals surface area (Å²) in [7, 11) is 2.92. The second-order valence-corrected chi connectivity index (χ2v) is 5.21. The van der Waals surface area contributed by atoms with Gasteiger partial charge in [0.05, 0.1) is 6.54 Å². The number of hydrogen-bond donors (Lipinski definition) is 4. The molecule has 0 aliphatic carbocycles. The van der Waals surface area contributed by atoms with Crippen LogP contribution in [0.3, 0.4) is 0 Å². The number of hydrazine groups is 2. The molecule has 2 aliphatic heterocycles. The van der Waals surface area contributed by atoms with Gasteiger partial charge in [-0.3, -0.25) is 5.01 Å². The summed E-state index contributed by atoms with van der Waals surface area (Å²) in [5.74, 6) is 0. The van der Waals surface area contributed by atoms with E-state index in [9.17, 15) is 10.2 Å². The first-order chi connectivity index (χ1) is 10.1. The Kier molecular flexibility index (Phi) is 5.80. The van der Waals surface area contributed by atoms with Crippen LogP contribution in [0.4, 0.5) is 0 Å². The van der Waals surface area contributed by atoms with Crippen molar-refractivity contribution in [1.29, 1.82) is 0 Å². The predicted molar refractivity (Wildman–Crippen MR) is 74.4 cm³/mol. The standard InChI is InChI=1S/C13H25N3O5/c1-4-5-8-6-14-15-16(8)7-9-12(19-2)10(17)11(18)13(20-3)21-9/h6,9-15,17-18H,4-5,7H2,1-3H3. The van der Waals surface area contributed by atoms with Crippen LogP contribution < -0.4 is 11.0 Å². The molecule has 21 heavy (non-hydrogen) atoms. The van der Waals surface area contributed by atoms with E-state index in [1.54, 1.807) is 0 Å². The molecule has 8 nitrogen and oxygen atoms in total. The van der Waals surface area contributed by atoms with Gasteiger partial charge >= 0.3 is 0 Å². The third kappa shape index (κ3) is 3.47. The second-order valence-electron chi connectivity index (χ2n) is 5.21. The molecule has 2 aliphatic rings. The van der Waals surface area contributed by atoms with Crippen molar-refractivity contribution >= 4 is 0 Å². The Morgan fingerprint density at radius 3 is 2.67 bits per heavy atom. The monoisotopic (exact) mass is 303 g/mol. The van der Waals surface area contributed by atoms with Crippen LogP contribution in [0.2, 0.25) is 0 Å². The predicted octanol–water partition coefficient (Wildman–Crippen LogP) is -0.939. The van der Waals surface area contributed by atoms with Gasteiger partial charge in [0.1, 0.15) is 24.4 Å². The van der Waals surface area contributed by atoms with E-state index in [1.165, 1.54) is 14.2 Å². The molecule has 8 heteroatoms. The number of nitrogens with zero attached hydrogens (tertiary/aromatic N) is 1. The van der Waals surface area contributed by atoms with Crippen LogP contribution in [0.25, 0.3) is 0 Å². The number of aliphatic hydroxyl groups is 2. The number of allylic oxidation sites excluding steroid dienone is 1. The SMILES string of the molecule is CCCC1=CNNN1CC1OC(OC)C(O)C(O)C1OC. The second kappa shape index (κ2) is 7.39. The van der Waals surface area contributed by atoms with Gasteiger partial charge in [0.25, 0.3) is 0 Å². The molecule has 5 atom stereocenters. The molecule has 0 aromatic heterocycles. The van der Waals surface area contributed by atoms with Crippen LogP contribution in [0, 0.1) is 0 Å². The zero-order valence-electron chi connectivity index (χ0n) is 12.7. The third-order valence-electron chi connectivity index (χ3n) is 3.80. The summed E-state index contributed by atoms with van der Waals surface area (Å²) in [5.41, 5.74) is 7.06. The number of ether oxygens (including phenoxy) is 3. The van der Waals surface area contributed by atoms with Crippen molar-refractivity contribution in [1.82, 2.24) is 16.0 Å². The average molecular weight is 303 g/mol. The lowest BCUT2D eigenvalue weighted by atomic mass is 9.98. The highest BCUT2D eigenvalue weighted by Crippen LogP contribution is 2.25. The fourth-order valence-corrected chi connectivity index (χ4v) is 2.69. The van der Waals surface area contributed by atoms with Crippen molar-refractivity contribution < 1.29 is 24.4 Å². The summed E-state index contributed by atoms with van der Waals surface area (Å²) in [6.45, 7) is 2.56. The molecule has 2 heterocycles. The minimum absolute atomic E-state index is 0.439. The molecule has 1 fully saturated rings. The van der Waals surface area contributed by atoms with E-state index in [2.05, 4.69) is 17.9 Å². The molecule has 5 unspecified atom stereocenters. The number of nitrogens with one attached hydrogen (secondary N) is 2. The Bertz CT molecular complexity index is 368. The van der Waals surface area contributed by atoms with Gasteiger partial charge in [-0.1, -0.05) is 13.3 Å². The van der Waals surface area contributed by atoms with E-state index < -0.39 is 30.7 Å². The molecular weight excluding hydrogens is 278 g/mol. The van der Waals surface area contributed by atoms with E-state index in [0.717, 1.165) is 18.5 Å². The van der Waals surface area contributed by atoms with Crippen molar-refractivity contribution in [2.75, 3.05) is 20.8 Å². The van der Waals surface area contributed by atoms with E-state index in [1.807, 2.05) is 11.2 Å². The zero-order valence-corrected chi connectivity index (χ0v) is 12.7. The Morgan fingerprint density at radius 1 is 1.29 bits per heavy atom. The van der Waals surface area contributed by atoms with Gasteiger partial charge in [-0.15, -0.1) is 5.53 Å². The minimum atomic E-state index is -1.13. The molecule has 0 bridgehead atoms. The first-order valence-electron chi connectivity index (χ1n) is 7.17. The quantitative estimate of drug-likeness (QED) is 0.499. The normalized spacial score (nSPS) is 36.5. The molecule has 0 saturated carbocycles. The molecule has 4 N–H and O–H groups in total. The smallest absolute Gasteiger partial charge is 0.186 e. The molecule has 0 amide bonds. The Labute approximate surface area is 124 Å². The van der Waals surface area contributed by atoms with Crippen LogP contribution in [0.15, 0.2) is 11.9 Å². The molecule has 122 valence electrons. The highest BCUT2D eigenvalue weighted by Gasteiger charge is 2.45. The van der Waals surface area contributed by atoms with Gasteiger partial charge in [0, 0.05) is 26.1 Å². The van der Waals surface area contributed by atoms with Gasteiger partial charge in [-0.25, -0.2) is 0 Å².